The van der Waals surface area contributed by atoms with E-state index in [9.17, 15) is 4.79 Å². The lowest BCUT2D eigenvalue weighted by atomic mass is 10.0. The van der Waals surface area contributed by atoms with Crippen molar-refractivity contribution in [3.05, 3.63) is 52.8 Å². The number of aromatic nitrogens is 1. The van der Waals surface area contributed by atoms with Gasteiger partial charge in [0.25, 0.3) is 0 Å². The number of aryl methyl sites for hydroxylation is 1. The molecule has 2 heterocycles. The number of carbonyl (C=O) groups is 1. The maximum atomic E-state index is 11.2. The highest BCUT2D eigenvalue weighted by Gasteiger charge is 2.23. The Labute approximate surface area is 141 Å². The van der Waals surface area contributed by atoms with Gasteiger partial charge in [0.15, 0.2) is 6.29 Å². The second-order valence-electron chi connectivity index (χ2n) is 5.74. The van der Waals surface area contributed by atoms with E-state index in [1.165, 1.54) is 0 Å². The molecule has 1 fully saturated rings. The van der Waals surface area contributed by atoms with Crippen LogP contribution in [0.4, 0.5) is 5.69 Å². The van der Waals surface area contributed by atoms with Crippen LogP contribution in [0.3, 0.4) is 0 Å². The van der Waals surface area contributed by atoms with Gasteiger partial charge >= 0.3 is 0 Å². The number of halogens is 1. The molecule has 0 saturated carbocycles. The van der Waals surface area contributed by atoms with Crippen molar-refractivity contribution in [3.8, 4) is 5.75 Å². The van der Waals surface area contributed by atoms with Crippen molar-refractivity contribution in [2.45, 2.75) is 25.9 Å². The Hall–Kier alpha value is -2.07. The molecule has 1 aromatic heterocycles. The first-order valence-corrected chi connectivity index (χ1v) is 8.13. The van der Waals surface area contributed by atoms with Gasteiger partial charge in [-0.3, -0.25) is 9.78 Å². The highest BCUT2D eigenvalue weighted by Crippen LogP contribution is 2.27. The maximum Gasteiger partial charge on any atom is 0.170 e. The predicted octanol–water partition coefficient (Wildman–Crippen LogP) is 3.90. The number of rotatable bonds is 4. The third kappa shape index (κ3) is 3.64. The van der Waals surface area contributed by atoms with Crippen molar-refractivity contribution in [3.63, 3.8) is 0 Å². The molecule has 3 rings (SSSR count). The van der Waals surface area contributed by atoms with Gasteiger partial charge in [-0.05, 0) is 42.8 Å². The Balaban J connectivity index is 1.65. The Morgan fingerprint density at radius 2 is 1.91 bits per heavy atom. The summed E-state index contributed by atoms with van der Waals surface area (Å²) < 4.78 is 6.01. The molecule has 5 heteroatoms. The smallest absolute Gasteiger partial charge is 0.170 e. The number of pyridine rings is 1. The van der Waals surface area contributed by atoms with Crippen LogP contribution in [0.1, 0.15) is 28.9 Å². The van der Waals surface area contributed by atoms with Gasteiger partial charge in [0, 0.05) is 37.2 Å². The summed E-state index contributed by atoms with van der Waals surface area (Å²) >= 11 is 5.89. The van der Waals surface area contributed by atoms with E-state index in [1.54, 1.807) is 6.20 Å². The van der Waals surface area contributed by atoms with E-state index in [4.69, 9.17) is 16.3 Å². The lowest BCUT2D eigenvalue weighted by molar-refractivity contribution is 0.111. The third-order valence-electron chi connectivity index (χ3n) is 4.14. The fraction of sp³-hybridized carbons (Fsp3) is 0.333. The van der Waals surface area contributed by atoms with Crippen LogP contribution < -0.4 is 9.64 Å². The van der Waals surface area contributed by atoms with E-state index in [0.29, 0.717) is 10.7 Å². The Morgan fingerprint density at radius 3 is 2.57 bits per heavy atom. The molecule has 1 aliphatic rings. The quantitative estimate of drug-likeness (QED) is 0.797. The van der Waals surface area contributed by atoms with E-state index in [1.807, 2.05) is 37.3 Å². The minimum absolute atomic E-state index is 0.184. The Kier molecular flexibility index (Phi) is 4.82. The molecule has 1 aromatic carbocycles. The van der Waals surface area contributed by atoms with E-state index in [-0.39, 0.29) is 6.10 Å². The summed E-state index contributed by atoms with van der Waals surface area (Å²) in [7, 11) is 0. The molecule has 0 spiro atoms. The lowest BCUT2D eigenvalue weighted by Gasteiger charge is -2.34. The molecule has 0 N–H and O–H groups in total. The van der Waals surface area contributed by atoms with E-state index < -0.39 is 0 Å². The van der Waals surface area contributed by atoms with Gasteiger partial charge in [0.2, 0.25) is 0 Å². The average molecular weight is 331 g/mol. The summed E-state index contributed by atoms with van der Waals surface area (Å²) in [6, 6.07) is 9.40. The SMILES string of the molecule is Cc1ccnc(C=O)c1N1CCC(Oc2ccc(Cl)cc2)CC1. The van der Waals surface area contributed by atoms with Crippen LogP contribution in [-0.4, -0.2) is 30.5 Å². The molecule has 0 radical (unpaired) electrons. The van der Waals surface area contributed by atoms with Crippen molar-refractivity contribution >= 4 is 23.6 Å². The number of benzene rings is 1. The first-order valence-electron chi connectivity index (χ1n) is 7.75. The third-order valence-corrected chi connectivity index (χ3v) is 4.39. The summed E-state index contributed by atoms with van der Waals surface area (Å²) in [5, 5.41) is 0.709. The summed E-state index contributed by atoms with van der Waals surface area (Å²) in [6.45, 7) is 3.72. The van der Waals surface area contributed by atoms with Gasteiger partial charge in [-0.1, -0.05) is 11.6 Å². The summed E-state index contributed by atoms with van der Waals surface area (Å²) in [5.74, 6) is 0.846. The van der Waals surface area contributed by atoms with E-state index in [2.05, 4.69) is 9.88 Å². The zero-order chi connectivity index (χ0) is 16.2. The molecule has 0 amide bonds. The molecular formula is C18H19ClN2O2. The second kappa shape index (κ2) is 7.01. The molecule has 4 nitrogen and oxygen atoms in total. The summed E-state index contributed by atoms with van der Waals surface area (Å²) in [4.78, 5) is 17.6. The van der Waals surface area contributed by atoms with Gasteiger partial charge < -0.3 is 9.64 Å². The Bertz CT molecular complexity index is 680. The number of carbonyl (C=O) groups excluding carboxylic acids is 1. The van der Waals surface area contributed by atoms with Crippen LogP contribution in [0.5, 0.6) is 5.75 Å². The molecule has 0 bridgehead atoms. The van der Waals surface area contributed by atoms with Crippen LogP contribution in [0.2, 0.25) is 5.02 Å². The van der Waals surface area contributed by atoms with Crippen molar-refractivity contribution in [2.24, 2.45) is 0 Å². The molecular weight excluding hydrogens is 312 g/mol. The van der Waals surface area contributed by atoms with Crippen LogP contribution in [0, 0.1) is 6.92 Å². The molecule has 1 aliphatic heterocycles. The monoisotopic (exact) mass is 330 g/mol. The summed E-state index contributed by atoms with van der Waals surface area (Å²) in [5.41, 5.74) is 2.55. The van der Waals surface area contributed by atoms with Gasteiger partial charge in [-0.25, -0.2) is 0 Å². The molecule has 0 unspecified atom stereocenters. The van der Waals surface area contributed by atoms with Gasteiger partial charge in [-0.2, -0.15) is 0 Å². The highest BCUT2D eigenvalue weighted by atomic mass is 35.5. The topological polar surface area (TPSA) is 42.4 Å². The molecule has 23 heavy (non-hydrogen) atoms. The number of hydrogen-bond donors (Lipinski definition) is 0. The maximum absolute atomic E-state index is 11.2. The highest BCUT2D eigenvalue weighted by molar-refractivity contribution is 6.30. The van der Waals surface area contributed by atoms with Crippen LogP contribution in [0.25, 0.3) is 0 Å². The van der Waals surface area contributed by atoms with Gasteiger partial charge in [0.05, 0.1) is 5.69 Å². The van der Waals surface area contributed by atoms with E-state index >= 15 is 0 Å². The zero-order valence-electron chi connectivity index (χ0n) is 13.0. The summed E-state index contributed by atoms with van der Waals surface area (Å²) in [6.07, 6.45) is 4.52. The van der Waals surface area contributed by atoms with Gasteiger partial charge in [0.1, 0.15) is 17.5 Å². The second-order valence-corrected chi connectivity index (χ2v) is 6.17. The number of nitrogens with zero attached hydrogens (tertiary/aromatic N) is 2. The number of hydrogen-bond acceptors (Lipinski definition) is 4. The van der Waals surface area contributed by atoms with Crippen LogP contribution >= 0.6 is 11.6 Å². The van der Waals surface area contributed by atoms with Crippen molar-refractivity contribution in [1.29, 1.82) is 0 Å². The minimum Gasteiger partial charge on any atom is -0.490 e. The molecule has 0 atom stereocenters. The van der Waals surface area contributed by atoms with Crippen LogP contribution in [0.15, 0.2) is 36.5 Å². The normalized spacial score (nSPS) is 15.5. The Morgan fingerprint density at radius 1 is 1.22 bits per heavy atom. The van der Waals surface area contributed by atoms with Crippen molar-refractivity contribution < 1.29 is 9.53 Å². The van der Waals surface area contributed by atoms with Crippen molar-refractivity contribution in [1.82, 2.24) is 4.98 Å². The fourth-order valence-corrected chi connectivity index (χ4v) is 3.10. The number of ether oxygens (including phenoxy) is 1. The predicted molar refractivity (Wildman–Crippen MR) is 91.7 cm³/mol. The zero-order valence-corrected chi connectivity index (χ0v) is 13.8. The molecule has 120 valence electrons. The lowest BCUT2D eigenvalue weighted by Crippen LogP contribution is -2.39. The van der Waals surface area contributed by atoms with Crippen molar-refractivity contribution in [2.75, 3.05) is 18.0 Å². The standard InChI is InChI=1S/C18H19ClN2O2/c1-13-6-9-20-17(12-22)18(13)21-10-7-16(8-11-21)23-15-4-2-14(19)3-5-15/h2-6,9,12,16H,7-8,10-11H2,1H3. The first-order chi connectivity index (χ1) is 11.2. The number of aldehydes is 1. The fourth-order valence-electron chi connectivity index (χ4n) is 2.97. The number of piperidine rings is 1. The molecule has 1 saturated heterocycles. The minimum atomic E-state index is 0.184. The number of anilines is 1. The van der Waals surface area contributed by atoms with E-state index in [0.717, 1.165) is 49.2 Å². The largest absolute Gasteiger partial charge is 0.490 e. The van der Waals surface area contributed by atoms with Crippen LogP contribution in [-0.2, 0) is 0 Å². The average Bonchev–Trinajstić information content (AvgIpc) is 2.57. The molecule has 2 aromatic rings. The first kappa shape index (κ1) is 15.8. The molecule has 0 aliphatic carbocycles. The van der Waals surface area contributed by atoms with Gasteiger partial charge in [-0.15, -0.1) is 0 Å².